The van der Waals surface area contributed by atoms with Crippen molar-refractivity contribution in [1.82, 2.24) is 0 Å². The molecule has 0 unspecified atom stereocenters. The van der Waals surface area contributed by atoms with Crippen LogP contribution >= 0.6 is 7.92 Å². The van der Waals surface area contributed by atoms with Gasteiger partial charge in [0.05, 0.1) is 0 Å². The van der Waals surface area contributed by atoms with Gasteiger partial charge in [-0.15, -0.1) is 0 Å². The number of benzene rings is 4. The van der Waals surface area contributed by atoms with Gasteiger partial charge in [-0.25, -0.2) is 0 Å². The summed E-state index contributed by atoms with van der Waals surface area (Å²) in [6, 6.07) is 42.6. The van der Waals surface area contributed by atoms with Crippen LogP contribution < -0.4 is 15.9 Å². The molecule has 0 saturated heterocycles. The number of aryl methyl sites for hydroxylation is 1. The summed E-state index contributed by atoms with van der Waals surface area (Å²) >= 11 is 0. The van der Waals surface area contributed by atoms with Crippen LogP contribution in [0.5, 0.6) is 0 Å². The van der Waals surface area contributed by atoms with Crippen molar-refractivity contribution >= 4 is 23.8 Å². The number of hydrogen-bond donors (Lipinski definition) is 0. The van der Waals surface area contributed by atoms with Gasteiger partial charge in [-0.3, -0.25) is 0 Å². The van der Waals surface area contributed by atoms with Gasteiger partial charge in [0.15, 0.2) is 0 Å². The van der Waals surface area contributed by atoms with Crippen LogP contribution in [0.4, 0.5) is 0 Å². The zero-order chi connectivity index (χ0) is 18.0. The summed E-state index contributed by atoms with van der Waals surface area (Å²) < 4.78 is 0. The average Bonchev–Trinajstić information content (AvgIpc) is 2.72. The van der Waals surface area contributed by atoms with Crippen LogP contribution in [0.2, 0.25) is 0 Å². The fourth-order valence-electron chi connectivity index (χ4n) is 2.71. The normalized spacial score (nSPS) is 9.70. The molecule has 0 bridgehead atoms. The van der Waals surface area contributed by atoms with Crippen molar-refractivity contribution in [2.24, 2.45) is 0 Å². The minimum Gasteiger partial charge on any atom is -0.0622 e. The van der Waals surface area contributed by atoms with Crippen LogP contribution in [0.1, 0.15) is 5.56 Å². The van der Waals surface area contributed by atoms with Crippen molar-refractivity contribution in [3.63, 3.8) is 0 Å². The maximum atomic E-state index is 2.23. The molecule has 0 aromatic heterocycles. The van der Waals surface area contributed by atoms with E-state index >= 15 is 0 Å². The fraction of sp³-hybridized carbons (Fsp3) is 0.0400. The molecule has 27 heavy (non-hydrogen) atoms. The summed E-state index contributed by atoms with van der Waals surface area (Å²) in [4.78, 5) is 0. The SMILES string of the molecule is Cc1ccccc1.[Ru+2].c1ccc(P(c2ccccc2)c2ccccc2)cc1. The Morgan fingerprint density at radius 3 is 0.889 bits per heavy atom. The monoisotopic (exact) mass is 456 g/mol. The molecule has 0 fully saturated rings. The Balaban J connectivity index is 0.000000278. The predicted molar refractivity (Wildman–Crippen MR) is 116 cm³/mol. The molecule has 134 valence electrons. The average molecular weight is 456 g/mol. The molecule has 0 radical (unpaired) electrons. The van der Waals surface area contributed by atoms with Gasteiger partial charge in [0.2, 0.25) is 0 Å². The molecule has 0 aliphatic rings. The van der Waals surface area contributed by atoms with E-state index in [9.17, 15) is 0 Å². The van der Waals surface area contributed by atoms with Crippen molar-refractivity contribution in [3.8, 4) is 0 Å². The second-order valence-corrected chi connectivity index (χ2v) is 8.22. The van der Waals surface area contributed by atoms with E-state index in [2.05, 4.69) is 110 Å². The van der Waals surface area contributed by atoms with Crippen molar-refractivity contribution in [1.29, 1.82) is 0 Å². The molecule has 4 aromatic rings. The Hall–Kier alpha value is -2.07. The van der Waals surface area contributed by atoms with Crippen LogP contribution in [0.15, 0.2) is 121 Å². The van der Waals surface area contributed by atoms with Crippen LogP contribution in [-0.4, -0.2) is 0 Å². The summed E-state index contributed by atoms with van der Waals surface area (Å²) in [5.41, 5.74) is 1.32. The smallest absolute Gasteiger partial charge is 0.0622 e. The summed E-state index contributed by atoms with van der Waals surface area (Å²) in [6.07, 6.45) is 0. The molecule has 0 aliphatic carbocycles. The van der Waals surface area contributed by atoms with Gasteiger partial charge in [0.1, 0.15) is 0 Å². The number of rotatable bonds is 3. The molecule has 0 saturated carbocycles. The Bertz CT molecular complexity index is 784. The fourth-order valence-corrected chi connectivity index (χ4v) is 5.02. The summed E-state index contributed by atoms with van der Waals surface area (Å²) in [5, 5.41) is 4.19. The van der Waals surface area contributed by atoms with Crippen molar-refractivity contribution in [2.75, 3.05) is 0 Å². The quantitative estimate of drug-likeness (QED) is 0.285. The Morgan fingerprint density at radius 1 is 0.407 bits per heavy atom. The molecule has 2 heteroatoms. The predicted octanol–water partition coefficient (Wildman–Crippen LogP) is 5.44. The van der Waals surface area contributed by atoms with Crippen LogP contribution in [0, 0.1) is 6.92 Å². The third-order valence-electron chi connectivity index (χ3n) is 3.98. The van der Waals surface area contributed by atoms with Gasteiger partial charge >= 0.3 is 19.5 Å². The molecular formula is C25H23PRu+2. The molecule has 4 aromatic carbocycles. The van der Waals surface area contributed by atoms with E-state index < -0.39 is 7.92 Å². The minimum atomic E-state index is -0.446. The molecule has 0 atom stereocenters. The molecule has 0 amide bonds. The third kappa shape index (κ3) is 6.55. The van der Waals surface area contributed by atoms with Crippen LogP contribution in [0.25, 0.3) is 0 Å². The van der Waals surface area contributed by atoms with E-state index in [0.717, 1.165) is 0 Å². The van der Waals surface area contributed by atoms with E-state index in [1.54, 1.807) is 0 Å². The topological polar surface area (TPSA) is 0 Å². The molecule has 0 heterocycles. The summed E-state index contributed by atoms with van der Waals surface area (Å²) in [6.45, 7) is 2.08. The van der Waals surface area contributed by atoms with Gasteiger partial charge < -0.3 is 0 Å². The van der Waals surface area contributed by atoms with E-state index in [0.29, 0.717) is 0 Å². The first kappa shape index (κ1) is 21.2. The molecular weight excluding hydrogens is 432 g/mol. The Morgan fingerprint density at radius 2 is 0.667 bits per heavy atom. The molecule has 4 rings (SSSR count). The maximum absolute atomic E-state index is 2.23. The molecule has 0 N–H and O–H groups in total. The first-order chi connectivity index (χ1) is 12.8. The van der Waals surface area contributed by atoms with E-state index in [4.69, 9.17) is 0 Å². The first-order valence-electron chi connectivity index (χ1n) is 8.81. The van der Waals surface area contributed by atoms with Crippen molar-refractivity contribution < 1.29 is 19.5 Å². The van der Waals surface area contributed by atoms with Gasteiger partial charge in [0.25, 0.3) is 0 Å². The van der Waals surface area contributed by atoms with E-state index in [-0.39, 0.29) is 19.5 Å². The van der Waals surface area contributed by atoms with Gasteiger partial charge in [0, 0.05) is 0 Å². The van der Waals surface area contributed by atoms with Gasteiger partial charge in [-0.1, -0.05) is 127 Å². The first-order valence-corrected chi connectivity index (χ1v) is 10.2. The third-order valence-corrected chi connectivity index (χ3v) is 6.43. The second kappa shape index (κ2) is 11.6. The molecule has 0 nitrogen and oxygen atoms in total. The molecule has 0 spiro atoms. The standard InChI is InChI=1S/C18H15P.C7H8.Ru/c1-4-10-16(11-5-1)19(17-12-6-2-7-13-17)18-14-8-3-9-15-18;1-7-5-3-2-4-6-7;/h1-15H;2-6H,1H3;/q;;+2. The second-order valence-electron chi connectivity index (χ2n) is 6.00. The van der Waals surface area contributed by atoms with Crippen LogP contribution in [0.3, 0.4) is 0 Å². The number of hydrogen-bond acceptors (Lipinski definition) is 0. The van der Waals surface area contributed by atoms with Crippen molar-refractivity contribution in [2.45, 2.75) is 6.92 Å². The Kier molecular flexibility index (Phi) is 9.13. The van der Waals surface area contributed by atoms with E-state index in [1.165, 1.54) is 21.5 Å². The Labute approximate surface area is 176 Å². The molecule has 0 aliphatic heterocycles. The van der Waals surface area contributed by atoms with Gasteiger partial charge in [-0.05, 0) is 30.8 Å². The van der Waals surface area contributed by atoms with Crippen LogP contribution in [-0.2, 0) is 19.5 Å². The zero-order valence-electron chi connectivity index (χ0n) is 15.3. The van der Waals surface area contributed by atoms with E-state index in [1.807, 2.05) is 18.2 Å². The van der Waals surface area contributed by atoms with Gasteiger partial charge in [-0.2, -0.15) is 0 Å². The largest absolute Gasteiger partial charge is 2.00 e. The summed E-state index contributed by atoms with van der Waals surface area (Å²) in [5.74, 6) is 0. The zero-order valence-corrected chi connectivity index (χ0v) is 18.0. The maximum Gasteiger partial charge on any atom is 2.00 e. The minimum absolute atomic E-state index is 0. The van der Waals surface area contributed by atoms with Crippen molar-refractivity contribution in [3.05, 3.63) is 127 Å². The summed E-state index contributed by atoms with van der Waals surface area (Å²) in [7, 11) is -0.446.